The summed E-state index contributed by atoms with van der Waals surface area (Å²) in [4.78, 5) is 8.65. The lowest BCUT2D eigenvalue weighted by Crippen LogP contribution is -1.96. The molecule has 0 fully saturated rings. The van der Waals surface area contributed by atoms with E-state index in [0.29, 0.717) is 0 Å². The van der Waals surface area contributed by atoms with E-state index in [9.17, 15) is 0 Å². The molecular formula is C16H16N4. The molecule has 0 atom stereocenters. The third-order valence-electron chi connectivity index (χ3n) is 3.42. The van der Waals surface area contributed by atoms with Crippen molar-refractivity contribution in [1.82, 2.24) is 19.7 Å². The average Bonchev–Trinajstić information content (AvgIpc) is 2.86. The van der Waals surface area contributed by atoms with Gasteiger partial charge in [-0.3, -0.25) is 4.68 Å². The highest BCUT2D eigenvalue weighted by Crippen LogP contribution is 2.32. The number of nitrogens with zero attached hydrogens (tertiary/aromatic N) is 4. The van der Waals surface area contributed by atoms with Gasteiger partial charge < -0.3 is 0 Å². The van der Waals surface area contributed by atoms with Gasteiger partial charge in [-0.05, 0) is 31.0 Å². The van der Waals surface area contributed by atoms with Crippen molar-refractivity contribution in [3.63, 3.8) is 0 Å². The molecule has 2 aromatic heterocycles. The summed E-state index contributed by atoms with van der Waals surface area (Å²) in [5.41, 5.74) is 6.38. The number of aryl methyl sites for hydroxylation is 3. The van der Waals surface area contributed by atoms with Crippen molar-refractivity contribution in [2.24, 2.45) is 7.05 Å². The molecule has 3 rings (SSSR count). The molecule has 0 saturated carbocycles. The van der Waals surface area contributed by atoms with Crippen LogP contribution in [0.15, 0.2) is 43.0 Å². The van der Waals surface area contributed by atoms with Crippen LogP contribution in [-0.4, -0.2) is 19.7 Å². The molecule has 1 aromatic carbocycles. The van der Waals surface area contributed by atoms with E-state index in [1.54, 1.807) is 11.0 Å². The summed E-state index contributed by atoms with van der Waals surface area (Å²) in [7, 11) is 1.91. The van der Waals surface area contributed by atoms with Crippen molar-refractivity contribution in [3.8, 4) is 22.5 Å². The van der Waals surface area contributed by atoms with Crippen LogP contribution < -0.4 is 0 Å². The Balaban J connectivity index is 2.25. The van der Waals surface area contributed by atoms with Gasteiger partial charge in [-0.25, -0.2) is 9.97 Å². The van der Waals surface area contributed by atoms with Gasteiger partial charge in [0.05, 0.1) is 11.4 Å². The quantitative estimate of drug-likeness (QED) is 0.714. The number of rotatable bonds is 2. The first-order chi connectivity index (χ1) is 9.66. The van der Waals surface area contributed by atoms with Crippen molar-refractivity contribution >= 4 is 0 Å². The third kappa shape index (κ3) is 2.09. The zero-order valence-electron chi connectivity index (χ0n) is 11.8. The van der Waals surface area contributed by atoms with Gasteiger partial charge in [-0.15, -0.1) is 0 Å². The predicted molar refractivity (Wildman–Crippen MR) is 79.1 cm³/mol. The van der Waals surface area contributed by atoms with E-state index in [0.717, 1.165) is 22.5 Å². The maximum absolute atomic E-state index is 4.50. The lowest BCUT2D eigenvalue weighted by molar-refractivity contribution is 0.770. The van der Waals surface area contributed by atoms with Gasteiger partial charge in [0.1, 0.15) is 6.33 Å². The monoisotopic (exact) mass is 264 g/mol. The Labute approximate surface area is 118 Å². The molecule has 0 aliphatic heterocycles. The van der Waals surface area contributed by atoms with Crippen LogP contribution in [0.4, 0.5) is 0 Å². The summed E-state index contributed by atoms with van der Waals surface area (Å²) in [6.07, 6.45) is 5.35. The largest absolute Gasteiger partial charge is 0.275 e. The van der Waals surface area contributed by atoms with Crippen LogP contribution >= 0.6 is 0 Å². The van der Waals surface area contributed by atoms with E-state index in [1.165, 1.54) is 11.1 Å². The molecule has 0 N–H and O–H groups in total. The van der Waals surface area contributed by atoms with Crippen molar-refractivity contribution < 1.29 is 0 Å². The van der Waals surface area contributed by atoms with Gasteiger partial charge in [0.25, 0.3) is 0 Å². The molecule has 0 aliphatic carbocycles. The Hall–Kier alpha value is -2.49. The summed E-state index contributed by atoms with van der Waals surface area (Å²) < 4.78 is 1.79. The number of hydrogen-bond acceptors (Lipinski definition) is 3. The van der Waals surface area contributed by atoms with Crippen LogP contribution in [0.5, 0.6) is 0 Å². The normalized spacial score (nSPS) is 10.8. The van der Waals surface area contributed by atoms with Crippen LogP contribution in [0.2, 0.25) is 0 Å². The zero-order chi connectivity index (χ0) is 14.1. The number of hydrogen-bond donors (Lipinski definition) is 0. The van der Waals surface area contributed by atoms with Crippen LogP contribution in [0.25, 0.3) is 22.5 Å². The molecule has 20 heavy (non-hydrogen) atoms. The molecule has 2 heterocycles. The predicted octanol–water partition coefficient (Wildman–Crippen LogP) is 3.16. The summed E-state index contributed by atoms with van der Waals surface area (Å²) in [6, 6.07) is 8.25. The SMILES string of the molecule is Cc1cccc(C)c1-c1ncncc1-c1ccn(C)n1. The molecule has 0 saturated heterocycles. The Bertz CT molecular complexity index is 738. The molecule has 0 aliphatic rings. The van der Waals surface area contributed by atoms with E-state index in [-0.39, 0.29) is 0 Å². The standard InChI is InChI=1S/C16H16N4/c1-11-5-4-6-12(2)15(11)16-13(9-17-10-18-16)14-7-8-20(3)19-14/h4-10H,1-3H3. The van der Waals surface area contributed by atoms with E-state index >= 15 is 0 Å². The molecule has 3 aromatic rings. The van der Waals surface area contributed by atoms with Crippen molar-refractivity contribution in [3.05, 3.63) is 54.1 Å². The molecular weight excluding hydrogens is 248 g/mol. The van der Waals surface area contributed by atoms with Crippen molar-refractivity contribution in [2.75, 3.05) is 0 Å². The van der Waals surface area contributed by atoms with E-state index in [4.69, 9.17) is 0 Å². The highest BCUT2D eigenvalue weighted by atomic mass is 15.2. The number of benzene rings is 1. The van der Waals surface area contributed by atoms with E-state index in [2.05, 4.69) is 47.1 Å². The first-order valence-corrected chi connectivity index (χ1v) is 6.53. The Morgan fingerprint density at radius 1 is 1.05 bits per heavy atom. The minimum Gasteiger partial charge on any atom is -0.275 e. The van der Waals surface area contributed by atoms with Gasteiger partial charge in [-0.1, -0.05) is 18.2 Å². The fourth-order valence-corrected chi connectivity index (χ4v) is 2.46. The highest BCUT2D eigenvalue weighted by molar-refractivity contribution is 5.81. The van der Waals surface area contributed by atoms with Crippen LogP contribution in [0.1, 0.15) is 11.1 Å². The second kappa shape index (κ2) is 4.89. The third-order valence-corrected chi connectivity index (χ3v) is 3.42. The lowest BCUT2D eigenvalue weighted by Gasteiger charge is -2.11. The minimum atomic E-state index is 0.894. The fraction of sp³-hybridized carbons (Fsp3) is 0.188. The van der Waals surface area contributed by atoms with E-state index < -0.39 is 0 Å². The van der Waals surface area contributed by atoms with Gasteiger partial charge in [0.2, 0.25) is 0 Å². The maximum atomic E-state index is 4.50. The Kier molecular flexibility index (Phi) is 3.06. The first-order valence-electron chi connectivity index (χ1n) is 6.53. The van der Waals surface area contributed by atoms with Crippen LogP contribution in [-0.2, 0) is 7.05 Å². The molecule has 100 valence electrons. The average molecular weight is 264 g/mol. The topological polar surface area (TPSA) is 43.6 Å². The zero-order valence-corrected chi connectivity index (χ0v) is 11.8. The molecule has 0 spiro atoms. The smallest absolute Gasteiger partial charge is 0.116 e. The Morgan fingerprint density at radius 3 is 2.45 bits per heavy atom. The van der Waals surface area contributed by atoms with Crippen molar-refractivity contribution in [1.29, 1.82) is 0 Å². The molecule has 4 nitrogen and oxygen atoms in total. The van der Waals surface area contributed by atoms with Crippen LogP contribution in [0.3, 0.4) is 0 Å². The second-order valence-electron chi connectivity index (χ2n) is 4.93. The summed E-state index contributed by atoms with van der Waals surface area (Å²) in [5, 5.41) is 4.46. The highest BCUT2D eigenvalue weighted by Gasteiger charge is 2.14. The molecule has 0 radical (unpaired) electrons. The summed E-state index contributed by atoms with van der Waals surface area (Å²) in [5.74, 6) is 0. The van der Waals surface area contributed by atoms with Gasteiger partial charge >= 0.3 is 0 Å². The molecule has 0 unspecified atom stereocenters. The van der Waals surface area contributed by atoms with Gasteiger partial charge in [-0.2, -0.15) is 5.10 Å². The number of aromatic nitrogens is 4. The second-order valence-corrected chi connectivity index (χ2v) is 4.93. The molecule has 4 heteroatoms. The minimum absolute atomic E-state index is 0.894. The van der Waals surface area contributed by atoms with Crippen LogP contribution in [0, 0.1) is 13.8 Å². The first kappa shape index (κ1) is 12.5. The molecule has 0 amide bonds. The lowest BCUT2D eigenvalue weighted by atomic mass is 9.96. The fourth-order valence-electron chi connectivity index (χ4n) is 2.46. The summed E-state index contributed by atoms with van der Waals surface area (Å²) >= 11 is 0. The van der Waals surface area contributed by atoms with E-state index in [1.807, 2.05) is 25.5 Å². The maximum Gasteiger partial charge on any atom is 0.116 e. The van der Waals surface area contributed by atoms with Crippen molar-refractivity contribution in [2.45, 2.75) is 13.8 Å². The summed E-state index contributed by atoms with van der Waals surface area (Å²) in [6.45, 7) is 4.21. The van der Waals surface area contributed by atoms with Gasteiger partial charge in [0, 0.05) is 30.6 Å². The van der Waals surface area contributed by atoms with Gasteiger partial charge in [0.15, 0.2) is 0 Å². The Morgan fingerprint density at radius 2 is 1.80 bits per heavy atom. The molecule has 0 bridgehead atoms.